The molecule has 0 spiro atoms. The maximum Gasteiger partial charge on any atom is 0.246 e. The zero-order valence-corrected chi connectivity index (χ0v) is 19.5. The molecule has 2 bridgehead atoms. The first-order valence-electron chi connectivity index (χ1n) is 11.9. The summed E-state index contributed by atoms with van der Waals surface area (Å²) in [7, 11) is 1.55. The van der Waals surface area contributed by atoms with Gasteiger partial charge in [0.1, 0.15) is 6.61 Å². The molecule has 3 fully saturated rings. The molecule has 0 aliphatic carbocycles. The fourth-order valence-electron chi connectivity index (χ4n) is 5.32. The van der Waals surface area contributed by atoms with E-state index in [-0.39, 0.29) is 12.5 Å². The zero-order valence-electron chi connectivity index (χ0n) is 19.5. The molecule has 0 radical (unpaired) electrons. The van der Waals surface area contributed by atoms with Crippen LogP contribution in [-0.2, 0) is 9.53 Å². The summed E-state index contributed by atoms with van der Waals surface area (Å²) in [6.45, 7) is 7.36. The minimum absolute atomic E-state index is 0.0423. The smallest absolute Gasteiger partial charge is 0.246 e. The van der Waals surface area contributed by atoms with Crippen LogP contribution in [0.2, 0.25) is 0 Å². The van der Waals surface area contributed by atoms with Gasteiger partial charge in [-0.2, -0.15) is 0 Å². The van der Waals surface area contributed by atoms with Crippen LogP contribution in [0.4, 0.5) is 0 Å². The Kier molecular flexibility index (Phi) is 7.48. The van der Waals surface area contributed by atoms with Crippen LogP contribution in [-0.4, -0.2) is 65.2 Å². The van der Waals surface area contributed by atoms with Crippen molar-refractivity contribution >= 4 is 5.91 Å². The number of carbonyl (C=O) groups is 1. The lowest BCUT2D eigenvalue weighted by atomic mass is 9.74. The normalized spacial score (nSPS) is 24.6. The summed E-state index contributed by atoms with van der Waals surface area (Å²) >= 11 is 0. The molecule has 4 atom stereocenters. The van der Waals surface area contributed by atoms with Gasteiger partial charge in [0.15, 0.2) is 5.82 Å². The number of pyridine rings is 1. The molecule has 2 aromatic rings. The van der Waals surface area contributed by atoms with E-state index in [1.54, 1.807) is 19.5 Å². The Morgan fingerprint density at radius 1 is 1.25 bits per heavy atom. The first-order chi connectivity index (χ1) is 15.6. The Bertz CT molecular complexity index is 902. The van der Waals surface area contributed by atoms with Gasteiger partial charge in [-0.1, -0.05) is 13.8 Å². The van der Waals surface area contributed by atoms with E-state index in [2.05, 4.69) is 35.1 Å². The third-order valence-corrected chi connectivity index (χ3v) is 7.18. The Labute approximate surface area is 191 Å². The van der Waals surface area contributed by atoms with Crippen LogP contribution in [0.5, 0.6) is 0 Å². The van der Waals surface area contributed by atoms with Crippen LogP contribution < -0.4 is 5.32 Å². The fourth-order valence-corrected chi connectivity index (χ4v) is 5.32. The van der Waals surface area contributed by atoms with Crippen molar-refractivity contribution in [2.24, 2.45) is 5.92 Å². The Hall–Kier alpha value is -2.38. The molecule has 1 amide bonds. The minimum atomic E-state index is -0.0423. The quantitative estimate of drug-likeness (QED) is 0.648. The lowest BCUT2D eigenvalue weighted by Gasteiger charge is -2.49. The number of fused-ring (bicyclic) bond motifs is 3. The summed E-state index contributed by atoms with van der Waals surface area (Å²) in [6.07, 6.45) is 8.03. The van der Waals surface area contributed by atoms with E-state index in [0.717, 1.165) is 49.4 Å². The van der Waals surface area contributed by atoms with E-state index in [9.17, 15) is 4.79 Å². The highest BCUT2D eigenvalue weighted by Crippen LogP contribution is 2.42. The van der Waals surface area contributed by atoms with Gasteiger partial charge in [-0.15, -0.1) is 0 Å². The fraction of sp³-hybridized carbons (Fsp3) is 0.600. The molecule has 0 aromatic carbocycles. The Balaban J connectivity index is 1.57. The van der Waals surface area contributed by atoms with Crippen LogP contribution in [0.3, 0.4) is 0 Å². The molecular formula is C25H35N5O2. The van der Waals surface area contributed by atoms with E-state index in [1.807, 2.05) is 12.1 Å². The number of ether oxygens (including phenoxy) is 1. The highest BCUT2D eigenvalue weighted by molar-refractivity contribution is 5.77. The molecule has 1 unspecified atom stereocenters. The average Bonchev–Trinajstić information content (AvgIpc) is 2.84. The van der Waals surface area contributed by atoms with E-state index in [1.165, 1.54) is 12.1 Å². The molecule has 172 valence electrons. The summed E-state index contributed by atoms with van der Waals surface area (Å²) in [5.41, 5.74) is 3.35. The number of nitrogens with zero attached hydrogens (tertiary/aromatic N) is 4. The van der Waals surface area contributed by atoms with Crippen molar-refractivity contribution in [1.82, 2.24) is 25.2 Å². The first-order valence-corrected chi connectivity index (χ1v) is 11.9. The maximum atomic E-state index is 11.8. The van der Waals surface area contributed by atoms with Crippen molar-refractivity contribution in [2.45, 2.75) is 57.4 Å². The van der Waals surface area contributed by atoms with Gasteiger partial charge in [0.2, 0.25) is 5.91 Å². The first kappa shape index (κ1) is 22.8. The molecule has 32 heavy (non-hydrogen) atoms. The highest BCUT2D eigenvalue weighted by atomic mass is 16.5. The van der Waals surface area contributed by atoms with Crippen molar-refractivity contribution in [1.29, 1.82) is 0 Å². The van der Waals surface area contributed by atoms with Gasteiger partial charge in [0.05, 0.1) is 0 Å². The Morgan fingerprint density at radius 3 is 2.69 bits per heavy atom. The van der Waals surface area contributed by atoms with Crippen molar-refractivity contribution in [3.8, 4) is 11.4 Å². The molecule has 3 saturated heterocycles. The maximum absolute atomic E-state index is 11.8. The molecule has 5 heterocycles. The molecule has 7 heteroatoms. The van der Waals surface area contributed by atoms with Crippen molar-refractivity contribution in [3.05, 3.63) is 42.0 Å². The highest BCUT2D eigenvalue weighted by Gasteiger charge is 2.41. The monoisotopic (exact) mass is 437 g/mol. The molecular weight excluding hydrogens is 402 g/mol. The molecule has 5 rings (SSSR count). The summed E-state index contributed by atoms with van der Waals surface area (Å²) in [5, 5.41) is 3.03. The summed E-state index contributed by atoms with van der Waals surface area (Å²) in [6, 6.07) is 6.64. The zero-order chi connectivity index (χ0) is 22.5. The van der Waals surface area contributed by atoms with Gasteiger partial charge in [-0.3, -0.25) is 14.7 Å². The number of hydrogen-bond donors (Lipinski definition) is 1. The third-order valence-electron chi connectivity index (χ3n) is 7.18. The van der Waals surface area contributed by atoms with E-state index < -0.39 is 0 Å². The van der Waals surface area contributed by atoms with Crippen LogP contribution >= 0.6 is 0 Å². The summed E-state index contributed by atoms with van der Waals surface area (Å²) in [5.74, 6) is 2.21. The predicted molar refractivity (Wildman–Crippen MR) is 124 cm³/mol. The van der Waals surface area contributed by atoms with Crippen LogP contribution in [0.15, 0.2) is 30.6 Å². The number of hydrogen-bond acceptors (Lipinski definition) is 6. The van der Waals surface area contributed by atoms with Crippen LogP contribution in [0.25, 0.3) is 11.4 Å². The minimum Gasteiger partial charge on any atom is -0.375 e. The third kappa shape index (κ3) is 4.99. The van der Waals surface area contributed by atoms with E-state index in [0.29, 0.717) is 30.3 Å². The van der Waals surface area contributed by atoms with E-state index >= 15 is 0 Å². The number of carbonyl (C=O) groups excluding carboxylic acids is 1. The van der Waals surface area contributed by atoms with Gasteiger partial charge < -0.3 is 10.1 Å². The topological polar surface area (TPSA) is 80.2 Å². The van der Waals surface area contributed by atoms with Gasteiger partial charge in [0, 0.05) is 67.4 Å². The standard InChI is InChI=1S/C25H35N5O2/c1-4-17(5-2)22-13-23(29-25(28-22)18-6-9-26-10-7-18)21-15-30-11-8-19(21)12-20(30)14-27-24(31)16-32-3/h6-7,9-10,13,17,19-21H,4-5,8,11-12,14-16H2,1-3H3,(H,27,31)/t19-,20+,21-/m0/s1. The molecule has 1 N–H and O–H groups in total. The molecule has 7 nitrogen and oxygen atoms in total. The molecule has 3 aliphatic heterocycles. The molecule has 3 aliphatic rings. The lowest BCUT2D eigenvalue weighted by molar-refractivity contribution is -0.125. The SMILES string of the molecule is CCC(CC)c1cc([C@H]2CN3CC[C@H]2C[C@@H]3CNC(=O)COC)nc(-c2ccncc2)n1. The number of nitrogens with one attached hydrogen (secondary N) is 1. The van der Waals surface area contributed by atoms with Gasteiger partial charge in [-0.25, -0.2) is 9.97 Å². The van der Waals surface area contributed by atoms with Crippen molar-refractivity contribution in [2.75, 3.05) is 33.4 Å². The van der Waals surface area contributed by atoms with Crippen molar-refractivity contribution < 1.29 is 9.53 Å². The van der Waals surface area contributed by atoms with Crippen molar-refractivity contribution in [3.63, 3.8) is 0 Å². The van der Waals surface area contributed by atoms with Gasteiger partial charge in [-0.05, 0) is 56.3 Å². The second-order valence-electron chi connectivity index (χ2n) is 9.07. The lowest BCUT2D eigenvalue weighted by Crippen LogP contribution is -2.56. The predicted octanol–water partition coefficient (Wildman–Crippen LogP) is 3.38. The summed E-state index contributed by atoms with van der Waals surface area (Å²) < 4.78 is 4.93. The largest absolute Gasteiger partial charge is 0.375 e. The molecule has 2 aromatic heterocycles. The number of amides is 1. The van der Waals surface area contributed by atoms with Gasteiger partial charge >= 0.3 is 0 Å². The van der Waals surface area contributed by atoms with Gasteiger partial charge in [0.25, 0.3) is 0 Å². The second kappa shape index (κ2) is 10.5. The van der Waals surface area contributed by atoms with Crippen LogP contribution in [0.1, 0.15) is 62.8 Å². The number of methoxy groups -OCH3 is 1. The second-order valence-corrected chi connectivity index (χ2v) is 9.07. The van der Waals surface area contributed by atoms with Crippen LogP contribution in [0, 0.1) is 5.92 Å². The number of aromatic nitrogens is 3. The number of piperidine rings is 3. The average molecular weight is 438 g/mol. The number of rotatable bonds is 9. The molecule has 0 saturated carbocycles. The Morgan fingerprint density at radius 2 is 2.03 bits per heavy atom. The summed E-state index contributed by atoms with van der Waals surface area (Å²) in [4.78, 5) is 28.6. The van der Waals surface area contributed by atoms with E-state index in [4.69, 9.17) is 14.7 Å².